The monoisotopic (exact) mass is 213 g/mol. The lowest BCUT2D eigenvalue weighted by molar-refractivity contribution is -0.148. The van der Waals surface area contributed by atoms with Gasteiger partial charge in [-0.3, -0.25) is 9.69 Å². The van der Waals surface area contributed by atoms with Crippen LogP contribution in [0.3, 0.4) is 0 Å². The van der Waals surface area contributed by atoms with Crippen molar-refractivity contribution < 1.29 is 9.53 Å². The maximum Gasteiger partial charge on any atom is 0.323 e. The highest BCUT2D eigenvalue weighted by Gasteiger charge is 2.24. The van der Waals surface area contributed by atoms with Crippen molar-refractivity contribution in [1.29, 1.82) is 0 Å². The summed E-state index contributed by atoms with van der Waals surface area (Å²) >= 11 is 0. The van der Waals surface area contributed by atoms with Crippen LogP contribution in [0.2, 0.25) is 0 Å². The van der Waals surface area contributed by atoms with Crippen LogP contribution in [0.5, 0.6) is 0 Å². The van der Waals surface area contributed by atoms with Crippen LogP contribution in [0, 0.1) is 5.92 Å². The minimum Gasteiger partial charge on any atom is -0.465 e. The first-order chi connectivity index (χ1) is 7.15. The Balaban J connectivity index is 2.44. The molecule has 2 atom stereocenters. The summed E-state index contributed by atoms with van der Waals surface area (Å²) < 4.78 is 5.04. The van der Waals surface area contributed by atoms with Gasteiger partial charge in [0, 0.05) is 0 Å². The van der Waals surface area contributed by atoms with E-state index in [4.69, 9.17) is 4.74 Å². The molecule has 0 aromatic heterocycles. The molecule has 3 heteroatoms. The minimum atomic E-state index is -0.0768. The number of hydrogen-bond acceptors (Lipinski definition) is 3. The van der Waals surface area contributed by atoms with Gasteiger partial charge in [0.1, 0.15) is 6.04 Å². The van der Waals surface area contributed by atoms with Crippen molar-refractivity contribution in [3.8, 4) is 0 Å². The minimum absolute atomic E-state index is 0.0738. The molecular formula is C12H23NO2. The third kappa shape index (κ3) is 3.82. The third-order valence-corrected chi connectivity index (χ3v) is 3.23. The summed E-state index contributed by atoms with van der Waals surface area (Å²) in [4.78, 5) is 13.8. The molecule has 1 rings (SSSR count). The van der Waals surface area contributed by atoms with Gasteiger partial charge in [0.25, 0.3) is 0 Å². The Labute approximate surface area is 92.8 Å². The number of carbonyl (C=O) groups is 1. The molecule has 0 radical (unpaired) electrons. The SMILES string of the molecule is CCOC(=O)C(C)N1CCCC(C)CC1. The quantitative estimate of drug-likeness (QED) is 0.672. The standard InChI is InChI=1S/C12H23NO2/c1-4-15-12(14)11(3)13-8-5-6-10(2)7-9-13/h10-11H,4-9H2,1-3H3. The molecule has 88 valence electrons. The van der Waals surface area contributed by atoms with E-state index in [0.29, 0.717) is 6.61 Å². The van der Waals surface area contributed by atoms with Crippen LogP contribution in [0.25, 0.3) is 0 Å². The largest absolute Gasteiger partial charge is 0.465 e. The zero-order valence-corrected chi connectivity index (χ0v) is 10.2. The summed E-state index contributed by atoms with van der Waals surface area (Å²) in [5.41, 5.74) is 0. The first-order valence-electron chi connectivity index (χ1n) is 6.05. The highest BCUT2D eigenvalue weighted by molar-refractivity contribution is 5.75. The van der Waals surface area contributed by atoms with Crippen LogP contribution in [0.1, 0.15) is 40.0 Å². The van der Waals surface area contributed by atoms with Crippen molar-refractivity contribution in [3.63, 3.8) is 0 Å². The average Bonchev–Trinajstić information content (AvgIpc) is 2.42. The summed E-state index contributed by atoms with van der Waals surface area (Å²) in [7, 11) is 0. The summed E-state index contributed by atoms with van der Waals surface area (Å²) in [6.07, 6.45) is 3.68. The van der Waals surface area contributed by atoms with E-state index in [-0.39, 0.29) is 12.0 Å². The van der Waals surface area contributed by atoms with E-state index in [1.165, 1.54) is 19.3 Å². The zero-order valence-electron chi connectivity index (χ0n) is 10.2. The summed E-state index contributed by atoms with van der Waals surface area (Å²) in [6, 6.07) is -0.0738. The number of carbonyl (C=O) groups excluding carboxylic acids is 1. The van der Waals surface area contributed by atoms with E-state index in [1.807, 2.05) is 13.8 Å². The second-order valence-corrected chi connectivity index (χ2v) is 4.50. The predicted octanol–water partition coefficient (Wildman–Crippen LogP) is 2.06. The van der Waals surface area contributed by atoms with Gasteiger partial charge in [-0.2, -0.15) is 0 Å². The Kier molecular flexibility index (Phi) is 5.09. The predicted molar refractivity (Wildman–Crippen MR) is 60.7 cm³/mol. The maximum absolute atomic E-state index is 11.6. The molecule has 0 spiro atoms. The molecule has 2 unspecified atom stereocenters. The maximum atomic E-state index is 11.6. The second-order valence-electron chi connectivity index (χ2n) is 4.50. The van der Waals surface area contributed by atoms with Crippen molar-refractivity contribution in [1.82, 2.24) is 4.90 Å². The van der Waals surface area contributed by atoms with E-state index in [1.54, 1.807) is 0 Å². The fourth-order valence-electron chi connectivity index (χ4n) is 2.08. The van der Waals surface area contributed by atoms with Gasteiger partial charge in [-0.25, -0.2) is 0 Å². The Morgan fingerprint density at radius 1 is 1.47 bits per heavy atom. The zero-order chi connectivity index (χ0) is 11.3. The fourth-order valence-corrected chi connectivity index (χ4v) is 2.08. The molecule has 0 amide bonds. The van der Waals surface area contributed by atoms with Gasteiger partial charge in [-0.15, -0.1) is 0 Å². The second kappa shape index (κ2) is 6.11. The topological polar surface area (TPSA) is 29.5 Å². The number of esters is 1. The van der Waals surface area contributed by atoms with Crippen LogP contribution in [-0.4, -0.2) is 36.6 Å². The number of rotatable bonds is 3. The molecule has 3 nitrogen and oxygen atoms in total. The summed E-state index contributed by atoms with van der Waals surface area (Å²) in [5.74, 6) is 0.719. The fraction of sp³-hybridized carbons (Fsp3) is 0.917. The Morgan fingerprint density at radius 3 is 2.87 bits per heavy atom. The average molecular weight is 213 g/mol. The molecule has 1 aliphatic rings. The molecule has 0 saturated carbocycles. The molecule has 1 heterocycles. The van der Waals surface area contributed by atoms with Crippen LogP contribution in [0.15, 0.2) is 0 Å². The number of ether oxygens (including phenoxy) is 1. The van der Waals surface area contributed by atoms with Gasteiger partial charge in [0.05, 0.1) is 6.61 Å². The molecule has 15 heavy (non-hydrogen) atoms. The normalized spacial score (nSPS) is 25.7. The molecular weight excluding hydrogens is 190 g/mol. The highest BCUT2D eigenvalue weighted by Crippen LogP contribution is 2.18. The molecule has 0 bridgehead atoms. The molecule has 0 aromatic rings. The van der Waals surface area contributed by atoms with Crippen molar-refractivity contribution in [2.24, 2.45) is 5.92 Å². The number of hydrogen-bond donors (Lipinski definition) is 0. The van der Waals surface area contributed by atoms with Crippen molar-refractivity contribution in [2.75, 3.05) is 19.7 Å². The molecule has 1 aliphatic heterocycles. The van der Waals surface area contributed by atoms with Gasteiger partial charge in [-0.1, -0.05) is 6.92 Å². The highest BCUT2D eigenvalue weighted by atomic mass is 16.5. The number of nitrogens with zero attached hydrogens (tertiary/aromatic N) is 1. The van der Waals surface area contributed by atoms with Gasteiger partial charge in [0.2, 0.25) is 0 Å². The van der Waals surface area contributed by atoms with Crippen LogP contribution in [-0.2, 0) is 9.53 Å². The van der Waals surface area contributed by atoms with Crippen molar-refractivity contribution in [2.45, 2.75) is 46.1 Å². The van der Waals surface area contributed by atoms with E-state index >= 15 is 0 Å². The molecule has 1 saturated heterocycles. The van der Waals surface area contributed by atoms with Gasteiger partial charge in [-0.05, 0) is 52.1 Å². The Morgan fingerprint density at radius 2 is 2.20 bits per heavy atom. The van der Waals surface area contributed by atoms with Crippen molar-refractivity contribution >= 4 is 5.97 Å². The lowest BCUT2D eigenvalue weighted by Gasteiger charge is -2.25. The summed E-state index contributed by atoms with van der Waals surface area (Å²) in [6.45, 7) is 8.64. The van der Waals surface area contributed by atoms with Gasteiger partial charge in [0.15, 0.2) is 0 Å². The summed E-state index contributed by atoms with van der Waals surface area (Å²) in [5, 5.41) is 0. The van der Waals surface area contributed by atoms with Crippen LogP contribution >= 0.6 is 0 Å². The molecule has 1 fully saturated rings. The van der Waals surface area contributed by atoms with Crippen molar-refractivity contribution in [3.05, 3.63) is 0 Å². The lowest BCUT2D eigenvalue weighted by atomic mass is 10.0. The Bertz CT molecular complexity index is 206. The lowest BCUT2D eigenvalue weighted by Crippen LogP contribution is -2.40. The van der Waals surface area contributed by atoms with Crippen LogP contribution in [0.4, 0.5) is 0 Å². The van der Waals surface area contributed by atoms with E-state index in [2.05, 4.69) is 11.8 Å². The number of likely N-dealkylation sites (tertiary alicyclic amines) is 1. The van der Waals surface area contributed by atoms with Gasteiger partial charge >= 0.3 is 5.97 Å². The Hall–Kier alpha value is -0.570. The third-order valence-electron chi connectivity index (χ3n) is 3.23. The smallest absolute Gasteiger partial charge is 0.323 e. The van der Waals surface area contributed by atoms with E-state index < -0.39 is 0 Å². The van der Waals surface area contributed by atoms with E-state index in [0.717, 1.165) is 19.0 Å². The van der Waals surface area contributed by atoms with Gasteiger partial charge < -0.3 is 4.74 Å². The first kappa shape index (κ1) is 12.5. The van der Waals surface area contributed by atoms with E-state index in [9.17, 15) is 4.79 Å². The molecule has 0 N–H and O–H groups in total. The first-order valence-corrected chi connectivity index (χ1v) is 6.05. The van der Waals surface area contributed by atoms with Crippen LogP contribution < -0.4 is 0 Å². The molecule has 0 aliphatic carbocycles. The molecule has 0 aromatic carbocycles.